The molecule has 158 valence electrons. The second-order valence-corrected chi connectivity index (χ2v) is 8.37. The maximum atomic E-state index is 12.9. The van der Waals surface area contributed by atoms with Crippen molar-refractivity contribution in [2.45, 2.75) is 58.4 Å². The zero-order valence-corrected chi connectivity index (χ0v) is 17.6. The van der Waals surface area contributed by atoms with Gasteiger partial charge in [-0.1, -0.05) is 19.1 Å². The van der Waals surface area contributed by atoms with E-state index >= 15 is 0 Å². The van der Waals surface area contributed by atoms with Crippen LogP contribution in [0, 0.1) is 18.7 Å². The molecule has 2 aromatic rings. The van der Waals surface area contributed by atoms with Crippen LogP contribution in [0.5, 0.6) is 0 Å². The molecule has 1 aromatic heterocycles. The lowest BCUT2D eigenvalue weighted by atomic mass is 9.91. The molecule has 3 rings (SSSR count). The number of likely N-dealkylation sites (tertiary alicyclic amines) is 1. The first kappa shape index (κ1) is 21.6. The number of amides is 1. The number of benzene rings is 1. The lowest BCUT2D eigenvalue weighted by molar-refractivity contribution is -0.121. The molecule has 1 amide bonds. The summed E-state index contributed by atoms with van der Waals surface area (Å²) in [4.78, 5) is 14.6. The third kappa shape index (κ3) is 7.00. The number of hydrogen-bond donors (Lipinski definition) is 1. The maximum Gasteiger partial charge on any atom is 0.220 e. The van der Waals surface area contributed by atoms with Crippen molar-refractivity contribution in [1.29, 1.82) is 0 Å². The van der Waals surface area contributed by atoms with Gasteiger partial charge >= 0.3 is 0 Å². The largest absolute Gasteiger partial charge is 0.466 e. The number of nitrogens with zero attached hydrogens (tertiary/aromatic N) is 1. The summed E-state index contributed by atoms with van der Waals surface area (Å²) in [5, 5.41) is 2.94. The van der Waals surface area contributed by atoms with Gasteiger partial charge in [-0.2, -0.15) is 0 Å². The minimum atomic E-state index is -0.253. The number of furan rings is 1. The number of piperidine rings is 1. The fraction of sp³-hybridized carbons (Fsp3) is 0.542. The lowest BCUT2D eigenvalue weighted by Gasteiger charge is -2.32. The standard InChI is InChI=1S/C24H33FN2O2/c1-18(23-9-3-19(2)29-23)11-14-27-15-12-20(13-16-27)6-10-24(28)26-17-21-4-7-22(25)8-5-21/h3-5,7-9,18,20H,6,10-17H2,1-2H3,(H,26,28). The van der Waals surface area contributed by atoms with Crippen molar-refractivity contribution in [3.8, 4) is 0 Å². The van der Waals surface area contributed by atoms with Crippen LogP contribution in [0.1, 0.15) is 62.0 Å². The van der Waals surface area contributed by atoms with Crippen LogP contribution in [-0.4, -0.2) is 30.4 Å². The first-order chi connectivity index (χ1) is 14.0. The number of nitrogens with one attached hydrogen (secondary N) is 1. The third-order valence-corrected chi connectivity index (χ3v) is 6.01. The van der Waals surface area contributed by atoms with Gasteiger partial charge in [-0.3, -0.25) is 4.79 Å². The van der Waals surface area contributed by atoms with E-state index in [-0.39, 0.29) is 11.7 Å². The number of hydrogen-bond acceptors (Lipinski definition) is 3. The first-order valence-corrected chi connectivity index (χ1v) is 10.8. The second kappa shape index (κ2) is 10.6. The normalized spacial score (nSPS) is 16.7. The predicted molar refractivity (Wildman–Crippen MR) is 113 cm³/mol. The molecule has 0 radical (unpaired) electrons. The smallest absolute Gasteiger partial charge is 0.220 e. The highest BCUT2D eigenvalue weighted by Gasteiger charge is 2.20. The number of aryl methyl sites for hydroxylation is 1. The number of halogens is 1. The van der Waals surface area contributed by atoms with E-state index in [0.717, 1.165) is 49.6 Å². The second-order valence-electron chi connectivity index (χ2n) is 8.37. The minimum Gasteiger partial charge on any atom is -0.466 e. The quantitative estimate of drug-likeness (QED) is 0.642. The molecule has 4 nitrogen and oxygen atoms in total. The average molecular weight is 401 g/mol. The van der Waals surface area contributed by atoms with E-state index in [2.05, 4.69) is 23.2 Å². The molecule has 1 unspecified atom stereocenters. The zero-order valence-electron chi connectivity index (χ0n) is 17.6. The van der Waals surface area contributed by atoms with E-state index < -0.39 is 0 Å². The summed E-state index contributed by atoms with van der Waals surface area (Å²) in [6, 6.07) is 10.4. The Bertz CT molecular complexity index is 763. The Hall–Kier alpha value is -2.14. The van der Waals surface area contributed by atoms with Crippen LogP contribution in [0.4, 0.5) is 4.39 Å². The summed E-state index contributed by atoms with van der Waals surface area (Å²) in [7, 11) is 0. The van der Waals surface area contributed by atoms with Crippen molar-refractivity contribution < 1.29 is 13.6 Å². The summed E-state index contributed by atoms with van der Waals surface area (Å²) < 4.78 is 18.6. The lowest BCUT2D eigenvalue weighted by Crippen LogP contribution is -2.35. The van der Waals surface area contributed by atoms with Crippen LogP contribution in [0.2, 0.25) is 0 Å². The molecular weight excluding hydrogens is 367 g/mol. The van der Waals surface area contributed by atoms with Crippen LogP contribution in [0.3, 0.4) is 0 Å². The molecule has 0 saturated carbocycles. The monoisotopic (exact) mass is 400 g/mol. The molecule has 1 aliphatic rings. The van der Waals surface area contributed by atoms with E-state index in [4.69, 9.17) is 4.42 Å². The molecule has 1 aromatic carbocycles. The fourth-order valence-corrected chi connectivity index (χ4v) is 3.96. The molecule has 1 N–H and O–H groups in total. The van der Waals surface area contributed by atoms with Crippen LogP contribution in [0.25, 0.3) is 0 Å². The van der Waals surface area contributed by atoms with Crippen LogP contribution < -0.4 is 5.32 Å². The summed E-state index contributed by atoms with van der Waals surface area (Å²) in [6.07, 6.45) is 4.97. The van der Waals surface area contributed by atoms with Crippen molar-refractivity contribution in [2.75, 3.05) is 19.6 Å². The Morgan fingerprint density at radius 2 is 1.93 bits per heavy atom. The molecule has 1 fully saturated rings. The van der Waals surface area contributed by atoms with Gasteiger partial charge < -0.3 is 14.6 Å². The molecular formula is C24H33FN2O2. The topological polar surface area (TPSA) is 45.5 Å². The van der Waals surface area contributed by atoms with Gasteiger partial charge in [-0.25, -0.2) is 4.39 Å². The summed E-state index contributed by atoms with van der Waals surface area (Å²) in [5.74, 6) is 2.98. The fourth-order valence-electron chi connectivity index (χ4n) is 3.96. The van der Waals surface area contributed by atoms with E-state index in [1.165, 1.54) is 25.0 Å². The molecule has 5 heteroatoms. The van der Waals surface area contributed by atoms with E-state index in [1.54, 1.807) is 12.1 Å². The highest BCUT2D eigenvalue weighted by atomic mass is 19.1. The predicted octanol–water partition coefficient (Wildman–Crippen LogP) is 5.03. The van der Waals surface area contributed by atoms with Crippen LogP contribution in [-0.2, 0) is 11.3 Å². The van der Waals surface area contributed by atoms with Gasteiger partial charge in [0.25, 0.3) is 0 Å². The van der Waals surface area contributed by atoms with Gasteiger partial charge in [0.05, 0.1) is 0 Å². The molecule has 29 heavy (non-hydrogen) atoms. The van der Waals surface area contributed by atoms with Crippen molar-refractivity contribution in [3.05, 3.63) is 59.3 Å². The van der Waals surface area contributed by atoms with E-state index in [9.17, 15) is 9.18 Å². The average Bonchev–Trinajstić information content (AvgIpc) is 3.17. The summed E-state index contributed by atoms with van der Waals surface area (Å²) >= 11 is 0. The third-order valence-electron chi connectivity index (χ3n) is 6.01. The Morgan fingerprint density at radius 3 is 2.59 bits per heavy atom. The Kier molecular flexibility index (Phi) is 7.87. The molecule has 1 atom stereocenters. The van der Waals surface area contributed by atoms with Crippen molar-refractivity contribution >= 4 is 5.91 Å². The molecule has 1 aliphatic heterocycles. The Morgan fingerprint density at radius 1 is 1.21 bits per heavy atom. The number of carbonyl (C=O) groups is 1. The summed E-state index contributed by atoms with van der Waals surface area (Å²) in [6.45, 7) is 8.02. The van der Waals surface area contributed by atoms with Gasteiger partial charge in [0.2, 0.25) is 5.91 Å². The van der Waals surface area contributed by atoms with E-state index in [0.29, 0.717) is 24.8 Å². The number of rotatable bonds is 9. The molecule has 0 bridgehead atoms. The highest BCUT2D eigenvalue weighted by molar-refractivity contribution is 5.75. The minimum absolute atomic E-state index is 0.0827. The van der Waals surface area contributed by atoms with Crippen molar-refractivity contribution in [1.82, 2.24) is 10.2 Å². The zero-order chi connectivity index (χ0) is 20.6. The number of carbonyl (C=O) groups excluding carboxylic acids is 1. The highest BCUT2D eigenvalue weighted by Crippen LogP contribution is 2.25. The Labute approximate surface area is 173 Å². The van der Waals surface area contributed by atoms with Gasteiger partial charge in [0.1, 0.15) is 17.3 Å². The van der Waals surface area contributed by atoms with Crippen LogP contribution >= 0.6 is 0 Å². The summed E-state index contributed by atoms with van der Waals surface area (Å²) in [5.41, 5.74) is 0.923. The SMILES string of the molecule is Cc1ccc(C(C)CCN2CCC(CCC(=O)NCc3ccc(F)cc3)CC2)o1. The van der Waals surface area contributed by atoms with E-state index in [1.807, 2.05) is 13.0 Å². The molecule has 0 spiro atoms. The maximum absolute atomic E-state index is 12.9. The van der Waals surface area contributed by atoms with Crippen LogP contribution in [0.15, 0.2) is 40.8 Å². The van der Waals surface area contributed by atoms with Gasteiger partial charge in [-0.15, -0.1) is 0 Å². The Balaban J connectivity index is 1.28. The van der Waals surface area contributed by atoms with Gasteiger partial charge in [0.15, 0.2) is 0 Å². The molecule has 1 saturated heterocycles. The van der Waals surface area contributed by atoms with Crippen molar-refractivity contribution in [3.63, 3.8) is 0 Å². The van der Waals surface area contributed by atoms with Gasteiger partial charge in [0, 0.05) is 18.9 Å². The molecule has 2 heterocycles. The van der Waals surface area contributed by atoms with Crippen molar-refractivity contribution in [2.24, 2.45) is 5.92 Å². The first-order valence-electron chi connectivity index (χ1n) is 10.8. The molecule has 0 aliphatic carbocycles. The van der Waals surface area contributed by atoms with Gasteiger partial charge in [-0.05, 0) is 88.0 Å².